The molecule has 0 spiro atoms. The first-order chi connectivity index (χ1) is 21.2. The lowest BCUT2D eigenvalue weighted by Crippen LogP contribution is -2.61. The Balaban J connectivity index is 1.71. The van der Waals surface area contributed by atoms with Crippen molar-refractivity contribution in [3.63, 3.8) is 0 Å². The highest BCUT2D eigenvalue weighted by Crippen LogP contribution is 2.37. The van der Waals surface area contributed by atoms with Crippen LogP contribution in [0.3, 0.4) is 0 Å². The van der Waals surface area contributed by atoms with Gasteiger partial charge in [-0.15, -0.1) is 0 Å². The number of halogens is 2. The van der Waals surface area contributed by atoms with Crippen LogP contribution in [0.5, 0.6) is 11.5 Å². The molecule has 4 amide bonds. The summed E-state index contributed by atoms with van der Waals surface area (Å²) in [6.07, 6.45) is 0.438. The quantitative estimate of drug-likeness (QED) is 0.391. The zero-order chi connectivity index (χ0) is 33.1. The number of piperazine rings is 1. The van der Waals surface area contributed by atoms with Gasteiger partial charge in [-0.1, -0.05) is 0 Å². The molecule has 0 bridgehead atoms. The van der Waals surface area contributed by atoms with Gasteiger partial charge in [0.05, 0.1) is 26.3 Å². The number of methoxy groups -OCH3 is 1. The lowest BCUT2D eigenvalue weighted by atomic mass is 10.1. The highest BCUT2D eigenvalue weighted by Gasteiger charge is 2.39. The van der Waals surface area contributed by atoms with E-state index in [1.807, 2.05) is 0 Å². The van der Waals surface area contributed by atoms with Crippen LogP contribution in [0.15, 0.2) is 22.6 Å². The number of oxazole rings is 1. The Hall–Kier alpha value is -4.63. The van der Waals surface area contributed by atoms with E-state index in [2.05, 4.69) is 15.0 Å². The third kappa shape index (κ3) is 8.51. The molecule has 2 aliphatic rings. The van der Waals surface area contributed by atoms with Crippen LogP contribution in [-0.2, 0) is 14.3 Å². The number of hydrogen-bond donors (Lipinski definition) is 2. The highest BCUT2D eigenvalue weighted by atomic mass is 19.3. The maximum atomic E-state index is 14.0. The van der Waals surface area contributed by atoms with Gasteiger partial charge in [0.15, 0.2) is 23.0 Å². The average Bonchev–Trinajstić information content (AvgIpc) is 3.69. The molecule has 1 unspecified atom stereocenters. The monoisotopic (exact) mass is 637 g/mol. The van der Waals surface area contributed by atoms with E-state index in [1.165, 1.54) is 37.1 Å². The summed E-state index contributed by atoms with van der Waals surface area (Å²) < 4.78 is 52.6. The number of amides is 4. The minimum absolute atomic E-state index is 0.0278. The lowest BCUT2D eigenvalue weighted by Gasteiger charge is -2.38. The van der Waals surface area contributed by atoms with E-state index in [-0.39, 0.29) is 54.0 Å². The summed E-state index contributed by atoms with van der Waals surface area (Å²) in [6.45, 7) is 3.53. The van der Waals surface area contributed by atoms with Gasteiger partial charge in [0.25, 0.3) is 5.91 Å². The lowest BCUT2D eigenvalue weighted by molar-refractivity contribution is -0.124. The number of alkyl halides is 2. The number of nitrogens with zero attached hydrogens (tertiary/aromatic N) is 3. The van der Waals surface area contributed by atoms with Crippen molar-refractivity contribution in [1.29, 1.82) is 0 Å². The highest BCUT2D eigenvalue weighted by molar-refractivity contribution is 5.97. The van der Waals surface area contributed by atoms with Gasteiger partial charge in [-0.2, -0.15) is 8.78 Å². The number of nitrogens with one attached hydrogen (secondary N) is 1. The van der Waals surface area contributed by atoms with Crippen molar-refractivity contribution in [2.75, 3.05) is 33.4 Å². The molecule has 1 saturated heterocycles. The van der Waals surface area contributed by atoms with Gasteiger partial charge in [0.2, 0.25) is 11.8 Å². The van der Waals surface area contributed by atoms with Crippen molar-refractivity contribution >= 4 is 24.0 Å². The Labute approximate surface area is 258 Å². The number of carbonyl (C=O) groups excluding carboxylic acids is 4. The van der Waals surface area contributed by atoms with Gasteiger partial charge in [0.1, 0.15) is 11.6 Å². The maximum absolute atomic E-state index is 14.0. The van der Waals surface area contributed by atoms with Gasteiger partial charge in [-0.3, -0.25) is 9.59 Å². The number of benzene rings is 1. The van der Waals surface area contributed by atoms with E-state index in [4.69, 9.17) is 24.4 Å². The summed E-state index contributed by atoms with van der Waals surface area (Å²) in [4.78, 5) is 57.8. The molecule has 1 aromatic carbocycles. The van der Waals surface area contributed by atoms with Crippen molar-refractivity contribution in [3.05, 3.63) is 29.7 Å². The summed E-state index contributed by atoms with van der Waals surface area (Å²) in [5, 5.41) is 2.61. The van der Waals surface area contributed by atoms with E-state index >= 15 is 0 Å². The molecule has 2 aromatic rings. The molecule has 16 heteroatoms. The topological polar surface area (TPSA) is 176 Å². The Morgan fingerprint density at radius 3 is 2.47 bits per heavy atom. The van der Waals surface area contributed by atoms with E-state index in [9.17, 15) is 28.0 Å². The van der Waals surface area contributed by atoms with Gasteiger partial charge >= 0.3 is 18.8 Å². The molecule has 45 heavy (non-hydrogen) atoms. The van der Waals surface area contributed by atoms with E-state index < -0.39 is 48.3 Å². The van der Waals surface area contributed by atoms with Crippen LogP contribution >= 0.6 is 0 Å². The van der Waals surface area contributed by atoms with Crippen LogP contribution in [0.4, 0.5) is 18.4 Å². The molecule has 2 fully saturated rings. The Kier molecular flexibility index (Phi) is 10.0. The summed E-state index contributed by atoms with van der Waals surface area (Å²) in [5.41, 5.74) is 4.80. The van der Waals surface area contributed by atoms with E-state index in [0.29, 0.717) is 12.5 Å². The summed E-state index contributed by atoms with van der Waals surface area (Å²) in [7, 11) is 1.19. The number of rotatable bonds is 10. The van der Waals surface area contributed by atoms with Crippen molar-refractivity contribution in [1.82, 2.24) is 20.1 Å². The number of carbonyl (C=O) groups is 4. The first-order valence-electron chi connectivity index (χ1n) is 14.3. The normalized spacial score (nSPS) is 17.5. The molecule has 14 nitrogen and oxygen atoms in total. The van der Waals surface area contributed by atoms with Crippen molar-refractivity contribution < 1.29 is 51.3 Å². The fourth-order valence-electron chi connectivity index (χ4n) is 4.59. The molecule has 246 valence electrons. The Morgan fingerprint density at radius 1 is 1.16 bits per heavy atom. The minimum atomic E-state index is -3.09. The standard InChI is InChI=1S/C29H37F2N5O9/c1-15(33-27(39)45-29(2,3)4)22-21(25(38)36-11-10-35(28(40)41-5)13-18(36)23(32)37)34-24(44-22)17-8-9-19(43-26(30)31)20(12-17)42-14-16-6-7-16/h8-9,12,15-16,18,26H,6-7,10-11,13-14H2,1-5H3,(H2,32,37)(H,33,39)/t15-,18?/m0/s1. The smallest absolute Gasteiger partial charge is 0.409 e. The van der Waals surface area contributed by atoms with Crippen molar-refractivity contribution in [2.24, 2.45) is 11.7 Å². The predicted molar refractivity (Wildman–Crippen MR) is 153 cm³/mol. The zero-order valence-corrected chi connectivity index (χ0v) is 25.6. The number of nitrogens with two attached hydrogens (primary N) is 1. The minimum Gasteiger partial charge on any atom is -0.489 e. The molecule has 1 aromatic heterocycles. The largest absolute Gasteiger partial charge is 0.489 e. The number of hydrogen-bond acceptors (Lipinski definition) is 10. The van der Waals surface area contributed by atoms with Gasteiger partial charge in [0, 0.05) is 18.7 Å². The van der Waals surface area contributed by atoms with Crippen molar-refractivity contribution in [3.8, 4) is 23.0 Å². The van der Waals surface area contributed by atoms with Gasteiger partial charge in [-0.05, 0) is 64.7 Å². The molecule has 0 radical (unpaired) electrons. The first kappa shape index (κ1) is 33.3. The molecule has 1 aliphatic carbocycles. The van der Waals surface area contributed by atoms with Gasteiger partial charge < -0.3 is 44.2 Å². The molecule has 3 N–H and O–H groups in total. The first-order valence-corrected chi connectivity index (χ1v) is 14.3. The molecule has 1 saturated carbocycles. The molecular formula is C29H37F2N5O9. The number of alkyl carbamates (subject to hydrolysis) is 1. The van der Waals surface area contributed by atoms with Crippen LogP contribution in [0.2, 0.25) is 0 Å². The Morgan fingerprint density at radius 2 is 1.87 bits per heavy atom. The number of ether oxygens (including phenoxy) is 4. The van der Waals surface area contributed by atoms with Crippen molar-refractivity contribution in [2.45, 2.75) is 64.8 Å². The fraction of sp³-hybridized carbons (Fsp3) is 0.552. The fourth-order valence-corrected chi connectivity index (χ4v) is 4.59. The van der Waals surface area contributed by atoms with Crippen LogP contribution in [0, 0.1) is 5.92 Å². The van der Waals surface area contributed by atoms with E-state index in [1.54, 1.807) is 20.8 Å². The second-order valence-corrected chi connectivity index (χ2v) is 11.7. The Bertz CT molecular complexity index is 1420. The average molecular weight is 638 g/mol. The third-order valence-corrected chi connectivity index (χ3v) is 6.96. The molecule has 2 heterocycles. The number of aromatic nitrogens is 1. The second kappa shape index (κ2) is 13.6. The van der Waals surface area contributed by atoms with Crippen LogP contribution < -0.4 is 20.5 Å². The third-order valence-electron chi connectivity index (χ3n) is 6.96. The molecular weight excluding hydrogens is 600 g/mol. The zero-order valence-electron chi connectivity index (χ0n) is 25.6. The van der Waals surface area contributed by atoms with Crippen LogP contribution in [0.1, 0.15) is 62.8 Å². The van der Waals surface area contributed by atoms with Crippen LogP contribution in [-0.4, -0.2) is 90.4 Å². The van der Waals surface area contributed by atoms with Gasteiger partial charge in [-0.25, -0.2) is 14.6 Å². The summed E-state index contributed by atoms with van der Waals surface area (Å²) >= 11 is 0. The number of primary amides is 1. The second-order valence-electron chi connectivity index (χ2n) is 11.7. The summed E-state index contributed by atoms with van der Waals surface area (Å²) in [6, 6.07) is 1.89. The molecule has 1 aliphatic heterocycles. The predicted octanol–water partition coefficient (Wildman–Crippen LogP) is 3.70. The summed E-state index contributed by atoms with van der Waals surface area (Å²) in [5.74, 6) is -1.65. The SMILES string of the molecule is COC(=O)N1CCN(C(=O)c2nc(-c3ccc(OC(F)F)c(OCC4CC4)c3)oc2[C@H](C)NC(=O)OC(C)(C)C)C(C(N)=O)C1. The molecule has 4 rings (SSSR count). The maximum Gasteiger partial charge on any atom is 0.409 e. The van der Waals surface area contributed by atoms with E-state index in [0.717, 1.165) is 17.7 Å². The molecule has 2 atom stereocenters. The van der Waals surface area contributed by atoms with Crippen LogP contribution in [0.25, 0.3) is 11.5 Å².